The Morgan fingerprint density at radius 2 is 2.16 bits per heavy atom. The molecule has 2 aliphatic rings. The van der Waals surface area contributed by atoms with Gasteiger partial charge in [0.05, 0.1) is 12.5 Å². The summed E-state index contributed by atoms with van der Waals surface area (Å²) in [4.78, 5) is 29.1. The first-order chi connectivity index (χ1) is 15.4. The number of carbonyl (C=O) groups excluding carboxylic acids is 1. The predicted molar refractivity (Wildman–Crippen MR) is 123 cm³/mol. The van der Waals surface area contributed by atoms with E-state index >= 15 is 0 Å². The largest absolute Gasteiger partial charge is 0.493 e. The van der Waals surface area contributed by atoms with Crippen molar-refractivity contribution in [1.29, 1.82) is 0 Å². The fourth-order valence-electron chi connectivity index (χ4n) is 3.44. The van der Waals surface area contributed by atoms with Gasteiger partial charge in [-0.05, 0) is 30.0 Å². The maximum Gasteiger partial charge on any atom is 0.341 e. The molecule has 0 bridgehead atoms. The number of nitrogens with one attached hydrogen (secondary N) is 1. The van der Waals surface area contributed by atoms with Crippen molar-refractivity contribution in [1.82, 2.24) is 10.3 Å². The highest BCUT2D eigenvalue weighted by Crippen LogP contribution is 2.40. The molecule has 4 rings (SSSR count). The molecule has 0 spiro atoms. The molecule has 0 radical (unpaired) electrons. The van der Waals surface area contributed by atoms with Crippen molar-refractivity contribution in [3.05, 3.63) is 57.0 Å². The summed E-state index contributed by atoms with van der Waals surface area (Å²) in [6.07, 6.45) is -0.768. The molecule has 32 heavy (non-hydrogen) atoms. The predicted octanol–water partition coefficient (Wildman–Crippen LogP) is 1.82. The second kappa shape index (κ2) is 9.21. The molecule has 2 N–H and O–H groups in total. The lowest BCUT2D eigenvalue weighted by Gasteiger charge is -2.34. The lowest BCUT2D eigenvalue weighted by Crippen LogP contribution is -2.50. The number of amides is 1. The number of para-hydroxylation sites is 1. The minimum absolute atomic E-state index is 0.233. The number of methoxy groups -OCH3 is 1. The van der Waals surface area contributed by atoms with Crippen LogP contribution in [0.3, 0.4) is 0 Å². The molecule has 1 atom stereocenters. The van der Waals surface area contributed by atoms with Gasteiger partial charge in [0.1, 0.15) is 5.70 Å². The minimum atomic E-state index is -1.12. The first-order valence-corrected chi connectivity index (χ1v) is 11.4. The normalized spacial score (nSPS) is 16.9. The van der Waals surface area contributed by atoms with Crippen molar-refractivity contribution in [3.8, 4) is 11.5 Å². The molecular weight excluding hydrogens is 500 g/mol. The highest BCUT2D eigenvalue weighted by molar-refractivity contribution is 9.10. The van der Waals surface area contributed by atoms with Crippen LogP contribution in [0, 0.1) is 0 Å². The van der Waals surface area contributed by atoms with E-state index in [9.17, 15) is 9.59 Å². The molecule has 9 nitrogen and oxygen atoms in total. The van der Waals surface area contributed by atoms with Crippen LogP contribution in [0.1, 0.15) is 18.7 Å². The fraction of sp³-hybridized carbons (Fsp3) is 0.238. The van der Waals surface area contributed by atoms with Gasteiger partial charge in [-0.3, -0.25) is 15.1 Å². The smallest absolute Gasteiger partial charge is 0.341 e. The van der Waals surface area contributed by atoms with E-state index in [4.69, 9.17) is 19.6 Å². The summed E-state index contributed by atoms with van der Waals surface area (Å²) in [5.41, 5.74) is 0.865. The number of benzene rings is 2. The van der Waals surface area contributed by atoms with E-state index in [2.05, 4.69) is 26.3 Å². The monoisotopic (exact) mass is 518 g/mol. The summed E-state index contributed by atoms with van der Waals surface area (Å²) in [6, 6.07) is 10.6. The topological polar surface area (TPSA) is 113 Å². The standard InChI is InChI=1S/C21H19BrN4O5S/c1-3-32-21-24-20(29)17-13-9-11(22)7-8-14(13)23-19(26(17)25-21)12-5-4-6-15(30-2)18(12)31-10-16(27)28/h4-9,19H,3,10H2,1-2H3,(H,27,28)(H,24,25,29). The maximum atomic E-state index is 13.1. The number of carbonyl (C=O) groups is 2. The van der Waals surface area contributed by atoms with Crippen LogP contribution in [-0.4, -0.2) is 46.6 Å². The van der Waals surface area contributed by atoms with Crippen molar-refractivity contribution >= 4 is 50.4 Å². The minimum Gasteiger partial charge on any atom is -0.493 e. The molecule has 166 valence electrons. The Labute approximate surface area is 195 Å². The third-order valence-electron chi connectivity index (χ3n) is 4.70. The van der Waals surface area contributed by atoms with Gasteiger partial charge >= 0.3 is 5.97 Å². The van der Waals surface area contributed by atoms with Gasteiger partial charge in [-0.15, -0.1) is 5.10 Å². The van der Waals surface area contributed by atoms with E-state index in [1.54, 1.807) is 23.2 Å². The van der Waals surface area contributed by atoms with Gasteiger partial charge in [0.2, 0.25) is 0 Å². The number of thioether (sulfide) groups is 1. The number of hydrazone groups is 1. The van der Waals surface area contributed by atoms with Gasteiger partial charge in [0, 0.05) is 15.3 Å². The highest BCUT2D eigenvalue weighted by Gasteiger charge is 2.36. The van der Waals surface area contributed by atoms with Crippen LogP contribution >= 0.6 is 27.7 Å². The van der Waals surface area contributed by atoms with Crippen LogP contribution < -0.4 is 25.4 Å². The second-order valence-corrected chi connectivity index (χ2v) is 8.88. The number of fused-ring (bicyclic) bond motifs is 2. The number of nitrogens with zero attached hydrogens (tertiary/aromatic N) is 3. The fourth-order valence-corrected chi connectivity index (χ4v) is 4.39. The molecular formula is C21H19BrN4O5S. The quantitative estimate of drug-likeness (QED) is 0.599. The lowest BCUT2D eigenvalue weighted by molar-refractivity contribution is -0.139. The average Bonchev–Trinajstić information content (AvgIpc) is 2.76. The summed E-state index contributed by atoms with van der Waals surface area (Å²) >= 11 is 4.85. The zero-order valence-electron chi connectivity index (χ0n) is 17.2. The van der Waals surface area contributed by atoms with Gasteiger partial charge in [-0.1, -0.05) is 46.7 Å². The van der Waals surface area contributed by atoms with E-state index in [0.29, 0.717) is 32.8 Å². The summed E-state index contributed by atoms with van der Waals surface area (Å²) in [6.45, 7) is 1.41. The van der Waals surface area contributed by atoms with Crippen LogP contribution in [0.2, 0.25) is 0 Å². The summed E-state index contributed by atoms with van der Waals surface area (Å²) in [5.74, 6) is -0.112. The van der Waals surface area contributed by atoms with Crippen molar-refractivity contribution < 1.29 is 24.2 Å². The number of amidine groups is 1. The van der Waals surface area contributed by atoms with Gasteiger partial charge in [-0.2, -0.15) is 0 Å². The molecule has 0 saturated carbocycles. The molecule has 1 amide bonds. The van der Waals surface area contributed by atoms with E-state index < -0.39 is 18.7 Å². The molecule has 1 unspecified atom stereocenters. The molecule has 11 heteroatoms. The summed E-state index contributed by atoms with van der Waals surface area (Å²) in [7, 11) is 1.47. The number of halogens is 1. The lowest BCUT2D eigenvalue weighted by atomic mass is 10.1. The number of carboxylic acid groups (broad SMARTS) is 1. The number of hydrogen-bond acceptors (Lipinski definition) is 8. The Morgan fingerprint density at radius 1 is 1.34 bits per heavy atom. The third kappa shape index (κ3) is 4.17. The van der Waals surface area contributed by atoms with Gasteiger partial charge in [0.25, 0.3) is 5.91 Å². The summed E-state index contributed by atoms with van der Waals surface area (Å²) in [5, 5.41) is 19.8. The van der Waals surface area contributed by atoms with Crippen LogP contribution in [0.15, 0.2) is 51.0 Å². The van der Waals surface area contributed by atoms with E-state index in [0.717, 1.165) is 10.2 Å². The molecule has 2 aliphatic heterocycles. The molecule has 0 saturated heterocycles. The number of rotatable bonds is 6. The van der Waals surface area contributed by atoms with Crippen LogP contribution in [0.5, 0.6) is 11.5 Å². The average molecular weight is 519 g/mol. The zero-order chi connectivity index (χ0) is 22.8. The summed E-state index contributed by atoms with van der Waals surface area (Å²) < 4.78 is 11.8. The molecule has 2 heterocycles. The maximum absolute atomic E-state index is 13.1. The van der Waals surface area contributed by atoms with Crippen molar-refractivity contribution in [2.45, 2.75) is 13.1 Å². The third-order valence-corrected chi connectivity index (χ3v) is 5.94. The van der Waals surface area contributed by atoms with Crippen LogP contribution in [0.4, 0.5) is 0 Å². The molecule has 2 aromatic rings. The van der Waals surface area contributed by atoms with Crippen LogP contribution in [-0.2, 0) is 9.59 Å². The number of aliphatic carboxylic acids is 1. The molecule has 0 aromatic heterocycles. The van der Waals surface area contributed by atoms with E-state index in [-0.39, 0.29) is 11.7 Å². The van der Waals surface area contributed by atoms with Crippen molar-refractivity contribution in [2.75, 3.05) is 19.5 Å². The first-order valence-electron chi connectivity index (χ1n) is 9.64. The number of ether oxygens (including phenoxy) is 2. The molecule has 2 aromatic carbocycles. The Hall–Kier alpha value is -3.05. The van der Waals surface area contributed by atoms with E-state index in [1.807, 2.05) is 25.1 Å². The first kappa shape index (κ1) is 22.2. The highest BCUT2D eigenvalue weighted by atomic mass is 79.9. The zero-order valence-corrected chi connectivity index (χ0v) is 19.6. The number of carboxylic acids is 1. The van der Waals surface area contributed by atoms with Crippen LogP contribution in [0.25, 0.3) is 5.70 Å². The number of hydrogen-bond donors (Lipinski definition) is 2. The van der Waals surface area contributed by atoms with Crippen molar-refractivity contribution in [3.63, 3.8) is 0 Å². The Kier molecular flexibility index (Phi) is 6.38. The Morgan fingerprint density at radius 3 is 2.88 bits per heavy atom. The second-order valence-electron chi connectivity index (χ2n) is 6.71. The SMILES string of the molecule is CCSC1=NN2C(=c3cc(Br)ccc3=NC2c2cccc(OC)c2OCC(=O)O)C(=O)N1. The van der Waals surface area contributed by atoms with Gasteiger partial charge in [-0.25, -0.2) is 9.80 Å². The Bertz CT molecular complexity index is 1250. The molecule has 0 aliphatic carbocycles. The van der Waals surface area contributed by atoms with Gasteiger partial charge in [0.15, 0.2) is 29.4 Å². The van der Waals surface area contributed by atoms with E-state index in [1.165, 1.54) is 18.9 Å². The van der Waals surface area contributed by atoms with Crippen molar-refractivity contribution in [2.24, 2.45) is 10.1 Å². The Balaban J connectivity index is 1.95. The van der Waals surface area contributed by atoms with Gasteiger partial charge < -0.3 is 14.6 Å². The molecule has 0 fully saturated rings.